The summed E-state index contributed by atoms with van der Waals surface area (Å²) in [5.41, 5.74) is 0. The fraction of sp³-hybridized carbons (Fsp3) is 0.929. The number of nitrogens with one attached hydrogen (secondary N) is 2. The molecule has 18 heavy (non-hydrogen) atoms. The number of amides is 1. The molecule has 0 radical (unpaired) electrons. The predicted molar refractivity (Wildman–Crippen MR) is 73.5 cm³/mol. The van der Waals surface area contributed by atoms with E-state index in [1.54, 1.807) is 0 Å². The Morgan fingerprint density at radius 3 is 2.72 bits per heavy atom. The number of carbonyl (C=O) groups is 1. The van der Waals surface area contributed by atoms with Gasteiger partial charge in [-0.15, -0.1) is 0 Å². The topological polar surface area (TPSA) is 44.4 Å². The molecule has 4 heteroatoms. The molecule has 1 aliphatic heterocycles. The number of hydrogen-bond donors (Lipinski definition) is 2. The largest absolute Gasteiger partial charge is 0.353 e. The number of carbonyl (C=O) groups excluding carboxylic acids is 1. The Hall–Kier alpha value is -0.610. The molecule has 2 atom stereocenters. The molecule has 1 saturated heterocycles. The zero-order chi connectivity index (χ0) is 13.0. The zero-order valence-corrected chi connectivity index (χ0v) is 11.7. The Labute approximate surface area is 110 Å². The van der Waals surface area contributed by atoms with Crippen molar-refractivity contribution < 1.29 is 4.79 Å². The monoisotopic (exact) mass is 253 g/mol. The minimum absolute atomic E-state index is 0.0734. The first-order valence-corrected chi connectivity index (χ1v) is 7.43. The second-order valence-corrected chi connectivity index (χ2v) is 5.74. The summed E-state index contributed by atoms with van der Waals surface area (Å²) in [6.07, 6.45) is 7.49. The van der Waals surface area contributed by atoms with Crippen molar-refractivity contribution in [1.29, 1.82) is 0 Å². The van der Waals surface area contributed by atoms with E-state index >= 15 is 0 Å². The molecule has 1 amide bonds. The fourth-order valence-electron chi connectivity index (χ4n) is 3.47. The predicted octanol–water partition coefficient (Wildman–Crippen LogP) is 1.12. The van der Waals surface area contributed by atoms with Gasteiger partial charge in [-0.2, -0.15) is 0 Å². The summed E-state index contributed by atoms with van der Waals surface area (Å²) in [7, 11) is 1.95. The van der Waals surface area contributed by atoms with E-state index < -0.39 is 0 Å². The minimum atomic E-state index is 0.0734. The van der Waals surface area contributed by atoms with E-state index in [2.05, 4.69) is 22.5 Å². The quantitative estimate of drug-likeness (QED) is 0.789. The normalized spacial score (nSPS) is 31.3. The van der Waals surface area contributed by atoms with Gasteiger partial charge in [0.15, 0.2) is 0 Å². The third-order valence-electron chi connectivity index (χ3n) is 4.41. The molecule has 0 aromatic rings. The summed E-state index contributed by atoms with van der Waals surface area (Å²) in [6, 6.07) is 1.18. The molecule has 1 aliphatic carbocycles. The Kier molecular flexibility index (Phi) is 5.01. The van der Waals surface area contributed by atoms with Crippen LogP contribution in [0.5, 0.6) is 0 Å². The molecule has 0 aromatic heterocycles. The smallest absolute Gasteiger partial charge is 0.237 e. The maximum absolute atomic E-state index is 12.1. The van der Waals surface area contributed by atoms with Crippen LogP contribution in [0.1, 0.15) is 45.4 Å². The molecule has 1 heterocycles. The van der Waals surface area contributed by atoms with Crippen LogP contribution in [0, 0.1) is 0 Å². The van der Waals surface area contributed by atoms with Crippen LogP contribution in [-0.4, -0.2) is 49.1 Å². The Morgan fingerprint density at radius 1 is 1.33 bits per heavy atom. The van der Waals surface area contributed by atoms with E-state index in [4.69, 9.17) is 0 Å². The first-order valence-electron chi connectivity index (χ1n) is 7.43. The van der Waals surface area contributed by atoms with E-state index in [0.717, 1.165) is 19.5 Å². The van der Waals surface area contributed by atoms with E-state index in [1.807, 2.05) is 7.05 Å². The SMILES string of the molecule is CNCCC1C(=O)NCC(C)N1C1CCCCC1. The molecule has 0 spiro atoms. The standard InChI is InChI=1S/C14H27N3O/c1-11-10-16-14(18)13(8-9-15-2)17(11)12-6-4-3-5-7-12/h11-13,15H,3-10H2,1-2H3,(H,16,18). The van der Waals surface area contributed by atoms with Crippen molar-refractivity contribution in [2.45, 2.75) is 63.6 Å². The number of piperazine rings is 1. The van der Waals surface area contributed by atoms with Gasteiger partial charge in [-0.1, -0.05) is 19.3 Å². The highest BCUT2D eigenvalue weighted by Crippen LogP contribution is 2.28. The molecular weight excluding hydrogens is 226 g/mol. The maximum Gasteiger partial charge on any atom is 0.237 e. The lowest BCUT2D eigenvalue weighted by atomic mass is 9.90. The van der Waals surface area contributed by atoms with E-state index in [0.29, 0.717) is 12.1 Å². The molecule has 2 N–H and O–H groups in total. The lowest BCUT2D eigenvalue weighted by molar-refractivity contribution is -0.133. The summed E-state index contributed by atoms with van der Waals surface area (Å²) < 4.78 is 0. The van der Waals surface area contributed by atoms with Crippen molar-refractivity contribution in [3.05, 3.63) is 0 Å². The van der Waals surface area contributed by atoms with E-state index in [1.165, 1.54) is 32.1 Å². The van der Waals surface area contributed by atoms with Gasteiger partial charge in [-0.05, 0) is 39.8 Å². The molecule has 2 unspecified atom stereocenters. The van der Waals surface area contributed by atoms with Gasteiger partial charge < -0.3 is 10.6 Å². The van der Waals surface area contributed by atoms with Gasteiger partial charge >= 0.3 is 0 Å². The van der Waals surface area contributed by atoms with Crippen LogP contribution >= 0.6 is 0 Å². The minimum Gasteiger partial charge on any atom is -0.353 e. The molecule has 2 aliphatic rings. The van der Waals surface area contributed by atoms with Crippen LogP contribution in [0.2, 0.25) is 0 Å². The highest BCUT2D eigenvalue weighted by Gasteiger charge is 2.38. The molecule has 1 saturated carbocycles. The summed E-state index contributed by atoms with van der Waals surface area (Å²) in [5, 5.41) is 6.22. The third-order valence-corrected chi connectivity index (χ3v) is 4.41. The van der Waals surface area contributed by atoms with Crippen LogP contribution in [0.3, 0.4) is 0 Å². The van der Waals surface area contributed by atoms with Crippen LogP contribution in [0.4, 0.5) is 0 Å². The molecule has 0 bridgehead atoms. The lowest BCUT2D eigenvalue weighted by Crippen LogP contribution is -2.63. The molecule has 104 valence electrons. The van der Waals surface area contributed by atoms with Gasteiger partial charge in [0.05, 0.1) is 6.04 Å². The van der Waals surface area contributed by atoms with Crippen molar-refractivity contribution in [2.24, 2.45) is 0 Å². The third kappa shape index (κ3) is 3.04. The molecular formula is C14H27N3O. The maximum atomic E-state index is 12.1. The van der Waals surface area contributed by atoms with Crippen molar-refractivity contribution in [1.82, 2.24) is 15.5 Å². The van der Waals surface area contributed by atoms with Crippen molar-refractivity contribution in [3.8, 4) is 0 Å². The Balaban J connectivity index is 2.06. The number of rotatable bonds is 4. The van der Waals surface area contributed by atoms with Gasteiger partial charge in [0.25, 0.3) is 0 Å². The fourth-order valence-corrected chi connectivity index (χ4v) is 3.47. The van der Waals surface area contributed by atoms with Crippen LogP contribution in [0.15, 0.2) is 0 Å². The van der Waals surface area contributed by atoms with Crippen LogP contribution in [0.25, 0.3) is 0 Å². The average Bonchev–Trinajstić information content (AvgIpc) is 2.40. The van der Waals surface area contributed by atoms with Gasteiger partial charge in [0, 0.05) is 18.6 Å². The molecule has 4 nitrogen and oxygen atoms in total. The summed E-state index contributed by atoms with van der Waals surface area (Å²) in [6.45, 7) is 3.97. The van der Waals surface area contributed by atoms with Gasteiger partial charge in [-0.25, -0.2) is 0 Å². The molecule has 2 rings (SSSR count). The Morgan fingerprint density at radius 2 is 2.06 bits per heavy atom. The highest BCUT2D eigenvalue weighted by molar-refractivity contribution is 5.82. The van der Waals surface area contributed by atoms with Crippen LogP contribution < -0.4 is 10.6 Å². The average molecular weight is 253 g/mol. The van der Waals surface area contributed by atoms with Crippen LogP contribution in [-0.2, 0) is 4.79 Å². The van der Waals surface area contributed by atoms with E-state index in [-0.39, 0.29) is 11.9 Å². The van der Waals surface area contributed by atoms with E-state index in [9.17, 15) is 4.79 Å². The highest BCUT2D eigenvalue weighted by atomic mass is 16.2. The lowest BCUT2D eigenvalue weighted by Gasteiger charge is -2.46. The zero-order valence-electron chi connectivity index (χ0n) is 11.7. The van der Waals surface area contributed by atoms with Crippen molar-refractivity contribution in [3.63, 3.8) is 0 Å². The van der Waals surface area contributed by atoms with Gasteiger partial charge in [-0.3, -0.25) is 9.69 Å². The van der Waals surface area contributed by atoms with Gasteiger partial charge in [0.2, 0.25) is 5.91 Å². The summed E-state index contributed by atoms with van der Waals surface area (Å²) in [5.74, 6) is 0.230. The Bertz CT molecular complexity index is 276. The second-order valence-electron chi connectivity index (χ2n) is 5.74. The molecule has 2 fully saturated rings. The van der Waals surface area contributed by atoms with Crippen molar-refractivity contribution in [2.75, 3.05) is 20.1 Å². The second kappa shape index (κ2) is 6.53. The van der Waals surface area contributed by atoms with Crippen molar-refractivity contribution >= 4 is 5.91 Å². The number of hydrogen-bond acceptors (Lipinski definition) is 3. The molecule has 0 aromatic carbocycles. The van der Waals surface area contributed by atoms with Gasteiger partial charge in [0.1, 0.15) is 0 Å². The number of nitrogens with zero attached hydrogens (tertiary/aromatic N) is 1. The first kappa shape index (κ1) is 13.8. The summed E-state index contributed by atoms with van der Waals surface area (Å²) in [4.78, 5) is 14.6. The first-order chi connectivity index (χ1) is 8.74. The summed E-state index contributed by atoms with van der Waals surface area (Å²) >= 11 is 0.